The first kappa shape index (κ1) is 9.74. The molecule has 0 bridgehead atoms. The van der Waals surface area contributed by atoms with E-state index in [2.05, 4.69) is 20.5 Å². The van der Waals surface area contributed by atoms with E-state index in [1.807, 2.05) is 0 Å². The van der Waals surface area contributed by atoms with Gasteiger partial charge in [0.15, 0.2) is 0 Å². The molecule has 1 atom stereocenters. The monoisotopic (exact) mass is 218 g/mol. The van der Waals surface area contributed by atoms with E-state index in [1.165, 1.54) is 12.8 Å². The maximum atomic E-state index is 10.1. The first-order chi connectivity index (χ1) is 7.84. The van der Waals surface area contributed by atoms with Crippen LogP contribution in [0.1, 0.15) is 24.5 Å². The molecule has 0 amide bonds. The molecule has 16 heavy (non-hydrogen) atoms. The average Bonchev–Trinajstić information content (AvgIpc) is 3.01. The Kier molecular flexibility index (Phi) is 2.34. The normalized spacial score (nSPS) is 17.8. The molecular weight excluding hydrogens is 204 g/mol. The number of rotatable bonds is 4. The molecule has 2 heterocycles. The first-order valence-corrected chi connectivity index (χ1v) is 5.53. The molecule has 0 saturated heterocycles. The van der Waals surface area contributed by atoms with Crippen molar-refractivity contribution in [3.8, 4) is 0 Å². The van der Waals surface area contributed by atoms with Gasteiger partial charge in [0.25, 0.3) is 0 Å². The fourth-order valence-electron chi connectivity index (χ4n) is 1.83. The minimum Gasteiger partial charge on any atom is -0.387 e. The summed E-state index contributed by atoms with van der Waals surface area (Å²) in [6.07, 6.45) is 7.08. The zero-order valence-corrected chi connectivity index (χ0v) is 8.85. The number of nitrogens with zero attached hydrogens (tertiary/aromatic N) is 2. The molecule has 1 aliphatic carbocycles. The van der Waals surface area contributed by atoms with E-state index in [1.54, 1.807) is 18.6 Å². The lowest BCUT2D eigenvalue weighted by molar-refractivity contribution is 0.175. The van der Waals surface area contributed by atoms with Crippen LogP contribution in [0, 0.1) is 0 Å². The molecule has 1 fully saturated rings. The van der Waals surface area contributed by atoms with Crippen molar-refractivity contribution in [1.29, 1.82) is 0 Å². The lowest BCUT2D eigenvalue weighted by atomic mass is 10.1. The minimum absolute atomic E-state index is 0.519. The number of fused-ring (bicyclic) bond motifs is 1. The molecule has 3 N–H and O–H groups in total. The van der Waals surface area contributed by atoms with Gasteiger partial charge in [0.05, 0.1) is 24.0 Å². The minimum atomic E-state index is -0.519. The zero-order valence-electron chi connectivity index (χ0n) is 8.85. The molecule has 1 saturated carbocycles. The lowest BCUT2D eigenvalue weighted by Gasteiger charge is -2.12. The quantitative estimate of drug-likeness (QED) is 0.707. The number of aromatic amines is 1. The number of pyridine rings is 1. The molecule has 3 rings (SSSR count). The number of aliphatic hydroxyl groups is 1. The van der Waals surface area contributed by atoms with Crippen LogP contribution in [0.4, 0.5) is 0 Å². The second-order valence-corrected chi connectivity index (χ2v) is 4.26. The molecule has 0 aromatic carbocycles. The number of H-pyrrole nitrogens is 1. The SMILES string of the molecule is O[C@@H](CNC1CC1)c1cncc2[nH]ncc12. The van der Waals surface area contributed by atoms with Crippen LogP contribution in [0.15, 0.2) is 18.6 Å². The fourth-order valence-corrected chi connectivity index (χ4v) is 1.83. The van der Waals surface area contributed by atoms with Crippen LogP contribution >= 0.6 is 0 Å². The number of aromatic nitrogens is 3. The number of hydrogen-bond acceptors (Lipinski definition) is 4. The van der Waals surface area contributed by atoms with Crippen molar-refractivity contribution in [2.45, 2.75) is 25.0 Å². The van der Waals surface area contributed by atoms with Gasteiger partial charge in [-0.15, -0.1) is 0 Å². The molecular formula is C11H14N4O. The summed E-state index contributed by atoms with van der Waals surface area (Å²) in [4.78, 5) is 4.09. The smallest absolute Gasteiger partial charge is 0.0936 e. The van der Waals surface area contributed by atoms with Crippen molar-refractivity contribution in [2.24, 2.45) is 0 Å². The van der Waals surface area contributed by atoms with Gasteiger partial charge >= 0.3 is 0 Å². The maximum Gasteiger partial charge on any atom is 0.0936 e. The molecule has 0 aliphatic heterocycles. The summed E-state index contributed by atoms with van der Waals surface area (Å²) in [5.74, 6) is 0. The Balaban J connectivity index is 1.82. The molecule has 2 aromatic rings. The number of hydrogen-bond donors (Lipinski definition) is 3. The summed E-state index contributed by atoms with van der Waals surface area (Å²) in [6, 6.07) is 0.603. The average molecular weight is 218 g/mol. The van der Waals surface area contributed by atoms with Crippen molar-refractivity contribution in [2.75, 3.05) is 6.54 Å². The van der Waals surface area contributed by atoms with E-state index in [0.29, 0.717) is 12.6 Å². The Labute approximate surface area is 92.9 Å². The van der Waals surface area contributed by atoms with E-state index >= 15 is 0 Å². The van der Waals surface area contributed by atoms with Crippen LogP contribution in [-0.4, -0.2) is 32.9 Å². The third-order valence-corrected chi connectivity index (χ3v) is 2.93. The van der Waals surface area contributed by atoms with Gasteiger partial charge < -0.3 is 10.4 Å². The lowest BCUT2D eigenvalue weighted by Crippen LogP contribution is -2.23. The fraction of sp³-hybridized carbons (Fsp3) is 0.455. The van der Waals surface area contributed by atoms with Crippen LogP contribution in [0.2, 0.25) is 0 Å². The summed E-state index contributed by atoms with van der Waals surface area (Å²) in [6.45, 7) is 0.580. The highest BCUT2D eigenvalue weighted by molar-refractivity contribution is 5.80. The van der Waals surface area contributed by atoms with Crippen LogP contribution in [0.25, 0.3) is 10.9 Å². The van der Waals surface area contributed by atoms with Crippen LogP contribution < -0.4 is 5.32 Å². The summed E-state index contributed by atoms with van der Waals surface area (Å²) in [7, 11) is 0. The number of aliphatic hydroxyl groups excluding tert-OH is 1. The highest BCUT2D eigenvalue weighted by Crippen LogP contribution is 2.23. The first-order valence-electron chi connectivity index (χ1n) is 5.53. The summed E-state index contributed by atoms with van der Waals surface area (Å²) >= 11 is 0. The largest absolute Gasteiger partial charge is 0.387 e. The molecule has 0 unspecified atom stereocenters. The Morgan fingerprint density at radius 1 is 1.44 bits per heavy atom. The van der Waals surface area contributed by atoms with Crippen molar-refractivity contribution in [1.82, 2.24) is 20.5 Å². The van der Waals surface area contributed by atoms with Crippen molar-refractivity contribution in [3.63, 3.8) is 0 Å². The Morgan fingerprint density at radius 3 is 3.12 bits per heavy atom. The topological polar surface area (TPSA) is 73.8 Å². The molecule has 84 valence electrons. The maximum absolute atomic E-state index is 10.1. The molecule has 1 aliphatic rings. The van der Waals surface area contributed by atoms with E-state index in [0.717, 1.165) is 16.5 Å². The Bertz CT molecular complexity index is 491. The van der Waals surface area contributed by atoms with Crippen LogP contribution in [0.3, 0.4) is 0 Å². The molecule has 0 spiro atoms. The van der Waals surface area contributed by atoms with Gasteiger partial charge in [0.2, 0.25) is 0 Å². The van der Waals surface area contributed by atoms with Crippen LogP contribution in [0.5, 0.6) is 0 Å². The second-order valence-electron chi connectivity index (χ2n) is 4.26. The van der Waals surface area contributed by atoms with E-state index in [4.69, 9.17) is 0 Å². The third-order valence-electron chi connectivity index (χ3n) is 2.93. The Hall–Kier alpha value is -1.46. The van der Waals surface area contributed by atoms with Gasteiger partial charge in [0, 0.05) is 29.7 Å². The number of nitrogens with one attached hydrogen (secondary N) is 2. The summed E-state index contributed by atoms with van der Waals surface area (Å²) in [5, 5.41) is 21.1. The van der Waals surface area contributed by atoms with Crippen molar-refractivity contribution in [3.05, 3.63) is 24.2 Å². The highest BCUT2D eigenvalue weighted by Gasteiger charge is 2.22. The van der Waals surface area contributed by atoms with E-state index in [-0.39, 0.29) is 0 Å². The van der Waals surface area contributed by atoms with E-state index in [9.17, 15) is 5.11 Å². The van der Waals surface area contributed by atoms with Gasteiger partial charge in [-0.2, -0.15) is 5.10 Å². The molecule has 0 radical (unpaired) electrons. The van der Waals surface area contributed by atoms with Gasteiger partial charge in [-0.1, -0.05) is 0 Å². The van der Waals surface area contributed by atoms with Crippen molar-refractivity contribution >= 4 is 10.9 Å². The van der Waals surface area contributed by atoms with Gasteiger partial charge in [-0.3, -0.25) is 10.1 Å². The Morgan fingerprint density at radius 2 is 2.31 bits per heavy atom. The van der Waals surface area contributed by atoms with Crippen LogP contribution in [-0.2, 0) is 0 Å². The van der Waals surface area contributed by atoms with Gasteiger partial charge in [-0.25, -0.2) is 0 Å². The predicted octanol–water partition coefficient (Wildman–Crippen LogP) is 0.743. The molecule has 5 heteroatoms. The van der Waals surface area contributed by atoms with Gasteiger partial charge in [0.1, 0.15) is 0 Å². The summed E-state index contributed by atoms with van der Waals surface area (Å²) < 4.78 is 0. The third kappa shape index (κ3) is 1.79. The molecule has 2 aromatic heterocycles. The second kappa shape index (κ2) is 3.84. The highest BCUT2D eigenvalue weighted by atomic mass is 16.3. The van der Waals surface area contributed by atoms with E-state index < -0.39 is 6.10 Å². The zero-order chi connectivity index (χ0) is 11.0. The standard InChI is InChI=1S/C11H14N4O/c16-11(6-13-7-1-2-7)9-3-12-5-10-8(9)4-14-15-10/h3-5,7,11,13,16H,1-2,6H2,(H,14,15)/t11-/m0/s1. The predicted molar refractivity (Wildman–Crippen MR) is 59.9 cm³/mol. The molecule has 5 nitrogen and oxygen atoms in total. The van der Waals surface area contributed by atoms with Crippen molar-refractivity contribution < 1.29 is 5.11 Å². The summed E-state index contributed by atoms with van der Waals surface area (Å²) in [5.41, 5.74) is 1.70. The van der Waals surface area contributed by atoms with Gasteiger partial charge in [-0.05, 0) is 12.8 Å².